The van der Waals surface area contributed by atoms with E-state index in [0.717, 1.165) is 16.7 Å². The van der Waals surface area contributed by atoms with Gasteiger partial charge < -0.3 is 4.74 Å². The lowest BCUT2D eigenvalue weighted by Gasteiger charge is -2.12. The lowest BCUT2D eigenvalue weighted by molar-refractivity contribution is 0.390. The van der Waals surface area contributed by atoms with Crippen LogP contribution < -0.4 is 4.74 Å². The van der Waals surface area contributed by atoms with Gasteiger partial charge in [-0.25, -0.2) is 9.97 Å². The Morgan fingerprint density at radius 1 is 1.24 bits per heavy atom. The maximum Gasteiger partial charge on any atom is 0.237 e. The van der Waals surface area contributed by atoms with E-state index in [0.29, 0.717) is 11.1 Å². The molecule has 0 N–H and O–H groups in total. The SMILES string of the molecule is COc1nc2ccccc2nc1C1CCCS1. The van der Waals surface area contributed by atoms with Gasteiger partial charge in [-0.15, -0.1) is 0 Å². The molecule has 1 atom stereocenters. The Bertz CT molecular complexity index is 538. The first kappa shape index (κ1) is 10.8. The van der Waals surface area contributed by atoms with E-state index in [1.807, 2.05) is 36.0 Å². The highest BCUT2D eigenvalue weighted by molar-refractivity contribution is 7.99. The summed E-state index contributed by atoms with van der Waals surface area (Å²) < 4.78 is 5.38. The Labute approximate surface area is 105 Å². The van der Waals surface area contributed by atoms with Crippen LogP contribution in [0.3, 0.4) is 0 Å². The van der Waals surface area contributed by atoms with E-state index >= 15 is 0 Å². The average molecular weight is 246 g/mol. The monoisotopic (exact) mass is 246 g/mol. The molecule has 1 aromatic heterocycles. The van der Waals surface area contributed by atoms with Gasteiger partial charge in [0.05, 0.1) is 23.4 Å². The van der Waals surface area contributed by atoms with E-state index in [4.69, 9.17) is 9.72 Å². The summed E-state index contributed by atoms with van der Waals surface area (Å²) in [5.74, 6) is 1.89. The lowest BCUT2D eigenvalue weighted by Crippen LogP contribution is -2.01. The van der Waals surface area contributed by atoms with Gasteiger partial charge in [0.25, 0.3) is 0 Å². The zero-order valence-corrected chi connectivity index (χ0v) is 10.5. The van der Waals surface area contributed by atoms with Crippen LogP contribution in [0.15, 0.2) is 24.3 Å². The number of rotatable bonds is 2. The van der Waals surface area contributed by atoms with Crippen molar-refractivity contribution in [2.45, 2.75) is 18.1 Å². The van der Waals surface area contributed by atoms with Crippen molar-refractivity contribution >= 4 is 22.8 Å². The van der Waals surface area contributed by atoms with Gasteiger partial charge in [0.1, 0.15) is 5.69 Å². The highest BCUT2D eigenvalue weighted by Gasteiger charge is 2.24. The van der Waals surface area contributed by atoms with Crippen molar-refractivity contribution in [2.75, 3.05) is 12.9 Å². The van der Waals surface area contributed by atoms with Crippen LogP contribution in [0.4, 0.5) is 0 Å². The van der Waals surface area contributed by atoms with E-state index < -0.39 is 0 Å². The maximum atomic E-state index is 5.38. The summed E-state index contributed by atoms with van der Waals surface area (Å²) in [7, 11) is 1.67. The van der Waals surface area contributed by atoms with Crippen LogP contribution in [0.5, 0.6) is 5.88 Å². The molecule has 2 heterocycles. The highest BCUT2D eigenvalue weighted by Crippen LogP contribution is 2.42. The number of para-hydroxylation sites is 2. The van der Waals surface area contributed by atoms with Gasteiger partial charge >= 0.3 is 0 Å². The minimum atomic E-state index is 0.446. The van der Waals surface area contributed by atoms with E-state index in [9.17, 15) is 0 Å². The topological polar surface area (TPSA) is 35.0 Å². The first-order valence-electron chi connectivity index (χ1n) is 5.81. The zero-order chi connectivity index (χ0) is 11.7. The molecule has 0 spiro atoms. The number of hydrogen-bond donors (Lipinski definition) is 0. The van der Waals surface area contributed by atoms with Crippen molar-refractivity contribution < 1.29 is 4.74 Å². The third-order valence-corrected chi connectivity index (χ3v) is 4.38. The van der Waals surface area contributed by atoms with Crippen LogP contribution in [0.2, 0.25) is 0 Å². The normalized spacial score (nSPS) is 19.7. The van der Waals surface area contributed by atoms with Crippen LogP contribution in [-0.4, -0.2) is 22.8 Å². The van der Waals surface area contributed by atoms with Gasteiger partial charge in [0.15, 0.2) is 0 Å². The van der Waals surface area contributed by atoms with Crippen molar-refractivity contribution in [3.8, 4) is 5.88 Å². The largest absolute Gasteiger partial charge is 0.480 e. The number of nitrogens with zero attached hydrogens (tertiary/aromatic N) is 2. The minimum absolute atomic E-state index is 0.446. The number of methoxy groups -OCH3 is 1. The van der Waals surface area contributed by atoms with Crippen LogP contribution in [0.1, 0.15) is 23.8 Å². The third kappa shape index (κ3) is 1.97. The number of benzene rings is 1. The molecule has 0 saturated carbocycles. The summed E-state index contributed by atoms with van der Waals surface area (Å²) in [6.45, 7) is 0. The highest BCUT2D eigenvalue weighted by atomic mass is 32.2. The van der Waals surface area contributed by atoms with Gasteiger partial charge in [-0.05, 0) is 30.7 Å². The second-order valence-corrected chi connectivity index (χ2v) is 5.42. The first-order valence-corrected chi connectivity index (χ1v) is 6.85. The molecular formula is C13H14N2OS. The fourth-order valence-corrected chi connectivity index (χ4v) is 3.41. The molecule has 1 fully saturated rings. The summed E-state index contributed by atoms with van der Waals surface area (Å²) in [6.07, 6.45) is 2.43. The van der Waals surface area contributed by atoms with Gasteiger partial charge in [0.2, 0.25) is 5.88 Å². The minimum Gasteiger partial charge on any atom is -0.480 e. The molecule has 1 aliphatic heterocycles. The van der Waals surface area contributed by atoms with Crippen LogP contribution in [0, 0.1) is 0 Å². The van der Waals surface area contributed by atoms with Crippen molar-refractivity contribution in [2.24, 2.45) is 0 Å². The van der Waals surface area contributed by atoms with Gasteiger partial charge in [-0.2, -0.15) is 11.8 Å². The van der Waals surface area contributed by atoms with Crippen molar-refractivity contribution in [3.05, 3.63) is 30.0 Å². The molecular weight excluding hydrogens is 232 g/mol. The Hall–Kier alpha value is -1.29. The Kier molecular flexibility index (Phi) is 2.89. The molecule has 1 unspecified atom stereocenters. The molecule has 2 aromatic rings. The molecule has 1 saturated heterocycles. The summed E-state index contributed by atoms with van der Waals surface area (Å²) >= 11 is 1.95. The van der Waals surface area contributed by atoms with Crippen molar-refractivity contribution in [1.29, 1.82) is 0 Å². The summed E-state index contributed by atoms with van der Waals surface area (Å²) in [4.78, 5) is 9.26. The van der Waals surface area contributed by atoms with E-state index in [1.54, 1.807) is 7.11 Å². The maximum absolute atomic E-state index is 5.38. The predicted molar refractivity (Wildman–Crippen MR) is 70.5 cm³/mol. The average Bonchev–Trinajstić information content (AvgIpc) is 2.91. The smallest absolute Gasteiger partial charge is 0.237 e. The summed E-state index contributed by atoms with van der Waals surface area (Å²) in [6, 6.07) is 7.94. The molecule has 1 aliphatic rings. The van der Waals surface area contributed by atoms with Crippen LogP contribution >= 0.6 is 11.8 Å². The first-order chi connectivity index (χ1) is 8.38. The third-order valence-electron chi connectivity index (χ3n) is 2.99. The van der Waals surface area contributed by atoms with E-state index in [-0.39, 0.29) is 0 Å². The molecule has 0 amide bonds. The second-order valence-electron chi connectivity index (χ2n) is 4.11. The lowest BCUT2D eigenvalue weighted by atomic mass is 10.2. The van der Waals surface area contributed by atoms with Crippen LogP contribution in [-0.2, 0) is 0 Å². The van der Waals surface area contributed by atoms with Gasteiger partial charge in [-0.1, -0.05) is 12.1 Å². The fraction of sp³-hybridized carbons (Fsp3) is 0.385. The molecule has 1 aromatic carbocycles. The molecule has 0 radical (unpaired) electrons. The fourth-order valence-electron chi connectivity index (χ4n) is 2.15. The number of ether oxygens (including phenoxy) is 1. The zero-order valence-electron chi connectivity index (χ0n) is 9.72. The number of aromatic nitrogens is 2. The molecule has 88 valence electrons. The molecule has 0 aliphatic carbocycles. The molecule has 17 heavy (non-hydrogen) atoms. The molecule has 3 rings (SSSR count). The standard InChI is InChI=1S/C13H14N2OS/c1-16-13-12(11-7-4-8-17-11)14-9-5-2-3-6-10(9)15-13/h2-3,5-6,11H,4,7-8H2,1H3. The van der Waals surface area contributed by atoms with E-state index in [1.165, 1.54) is 18.6 Å². The molecule has 4 heteroatoms. The van der Waals surface area contributed by atoms with E-state index in [2.05, 4.69) is 4.98 Å². The number of hydrogen-bond acceptors (Lipinski definition) is 4. The van der Waals surface area contributed by atoms with Gasteiger partial charge in [0, 0.05) is 0 Å². The summed E-state index contributed by atoms with van der Waals surface area (Å²) in [5.41, 5.74) is 2.86. The number of thioether (sulfide) groups is 1. The number of fused-ring (bicyclic) bond motifs is 1. The second kappa shape index (κ2) is 4.53. The van der Waals surface area contributed by atoms with Crippen molar-refractivity contribution in [1.82, 2.24) is 9.97 Å². The quantitative estimate of drug-likeness (QED) is 0.815. The Balaban J connectivity index is 2.14. The Morgan fingerprint density at radius 3 is 2.65 bits per heavy atom. The van der Waals surface area contributed by atoms with Gasteiger partial charge in [-0.3, -0.25) is 0 Å². The van der Waals surface area contributed by atoms with Crippen LogP contribution in [0.25, 0.3) is 11.0 Å². The molecule has 3 nitrogen and oxygen atoms in total. The predicted octanol–water partition coefficient (Wildman–Crippen LogP) is 3.21. The summed E-state index contributed by atoms with van der Waals surface area (Å²) in [5, 5.41) is 0.446. The van der Waals surface area contributed by atoms with Crippen molar-refractivity contribution in [3.63, 3.8) is 0 Å². The molecule has 0 bridgehead atoms. The Morgan fingerprint density at radius 2 is 2.00 bits per heavy atom.